The van der Waals surface area contributed by atoms with Gasteiger partial charge in [0.1, 0.15) is 0 Å². The van der Waals surface area contributed by atoms with Gasteiger partial charge in [-0.05, 0) is 26.1 Å². The Morgan fingerprint density at radius 1 is 1.71 bits per heavy atom. The molecule has 7 heavy (non-hydrogen) atoms. The second-order valence-corrected chi connectivity index (χ2v) is 2.51. The molecule has 0 amide bonds. The predicted octanol–water partition coefficient (Wildman–Crippen LogP) is 1.63. The maximum Gasteiger partial charge on any atom is 0.217 e. The van der Waals surface area contributed by atoms with Gasteiger partial charge in [0.2, 0.25) is 4.38 Å². The van der Waals surface area contributed by atoms with Gasteiger partial charge in [-0.3, -0.25) is 0 Å². The number of ether oxygens (including phenoxy) is 1. The third-order valence-corrected chi connectivity index (χ3v) is 0.538. The molecule has 0 aromatic carbocycles. The van der Waals surface area contributed by atoms with E-state index in [2.05, 4.69) is 24.8 Å². The number of hydrogen-bond donors (Lipinski definition) is 1. The van der Waals surface area contributed by atoms with Crippen molar-refractivity contribution in [2.45, 2.75) is 20.0 Å². The highest BCUT2D eigenvalue weighted by Crippen LogP contribution is 1.92. The van der Waals surface area contributed by atoms with Crippen molar-refractivity contribution < 1.29 is 4.74 Å². The second kappa shape index (κ2) is 3.27. The normalized spacial score (nSPS) is 9.14. The molecule has 0 unspecified atom stereocenters. The van der Waals surface area contributed by atoms with Crippen molar-refractivity contribution >= 4 is 29.2 Å². The summed E-state index contributed by atoms with van der Waals surface area (Å²) in [6.45, 7) is 3.81. The molecule has 0 spiro atoms. The van der Waals surface area contributed by atoms with Crippen molar-refractivity contribution in [3.63, 3.8) is 0 Å². The largest absolute Gasteiger partial charge is 0.476 e. The molecule has 0 aliphatic rings. The van der Waals surface area contributed by atoms with Gasteiger partial charge in [0.05, 0.1) is 6.10 Å². The Morgan fingerprint density at radius 3 is 2.14 bits per heavy atom. The maximum atomic E-state index is 4.85. The van der Waals surface area contributed by atoms with Gasteiger partial charge in [0, 0.05) is 0 Å². The van der Waals surface area contributed by atoms with E-state index >= 15 is 0 Å². The summed E-state index contributed by atoms with van der Waals surface area (Å²) < 4.78 is 5.16. The Hall–Kier alpha value is 0.240. The van der Waals surface area contributed by atoms with Crippen molar-refractivity contribution in [1.82, 2.24) is 0 Å². The molecule has 42 valence electrons. The maximum absolute atomic E-state index is 4.85. The first kappa shape index (κ1) is 7.24. The van der Waals surface area contributed by atoms with Gasteiger partial charge in [-0.15, -0.1) is 0 Å². The van der Waals surface area contributed by atoms with Crippen LogP contribution in [0.25, 0.3) is 0 Å². The Balaban J connectivity index is 3.13. The molecular weight excluding hydrogens is 128 g/mol. The molecular formula is C4H8OS2. The van der Waals surface area contributed by atoms with Gasteiger partial charge in [-0.25, -0.2) is 0 Å². The molecule has 0 aliphatic heterocycles. The zero-order valence-electron chi connectivity index (χ0n) is 4.34. The van der Waals surface area contributed by atoms with Gasteiger partial charge in [-0.2, -0.15) is 0 Å². The number of rotatable bonds is 1. The van der Waals surface area contributed by atoms with Crippen LogP contribution in [0.2, 0.25) is 0 Å². The summed E-state index contributed by atoms with van der Waals surface area (Å²) in [6.07, 6.45) is 0.157. The fourth-order valence-electron chi connectivity index (χ4n) is 0.202. The van der Waals surface area contributed by atoms with E-state index < -0.39 is 0 Å². The minimum atomic E-state index is 0.157. The van der Waals surface area contributed by atoms with Gasteiger partial charge in [-0.1, -0.05) is 12.6 Å². The lowest BCUT2D eigenvalue weighted by atomic mass is 10.5. The molecule has 0 saturated carbocycles. The van der Waals surface area contributed by atoms with Crippen LogP contribution < -0.4 is 0 Å². The monoisotopic (exact) mass is 136 g/mol. The van der Waals surface area contributed by atoms with Crippen molar-refractivity contribution in [1.29, 1.82) is 0 Å². The zero-order chi connectivity index (χ0) is 5.86. The molecule has 1 nitrogen and oxygen atoms in total. The van der Waals surface area contributed by atoms with Crippen molar-refractivity contribution in [3.8, 4) is 0 Å². The lowest BCUT2D eigenvalue weighted by Gasteiger charge is -2.03. The summed E-state index contributed by atoms with van der Waals surface area (Å²) in [4.78, 5) is 0. The zero-order valence-corrected chi connectivity index (χ0v) is 6.05. The molecule has 0 fully saturated rings. The average Bonchev–Trinajstić information content (AvgIpc) is 1.27. The van der Waals surface area contributed by atoms with Crippen LogP contribution in [0.1, 0.15) is 13.8 Å². The third-order valence-electron chi connectivity index (χ3n) is 0.337. The minimum absolute atomic E-state index is 0.157. The molecule has 0 saturated heterocycles. The van der Waals surface area contributed by atoms with Gasteiger partial charge >= 0.3 is 0 Å². The van der Waals surface area contributed by atoms with E-state index in [9.17, 15) is 0 Å². The van der Waals surface area contributed by atoms with Crippen LogP contribution in [0.15, 0.2) is 0 Å². The highest BCUT2D eigenvalue weighted by Gasteiger charge is 1.90. The Labute approximate surface area is 54.5 Å². The molecule has 0 heterocycles. The Kier molecular flexibility index (Phi) is 3.38. The van der Waals surface area contributed by atoms with Crippen LogP contribution in [-0.2, 0) is 4.74 Å². The number of hydrogen-bond acceptors (Lipinski definition) is 2. The van der Waals surface area contributed by atoms with Crippen LogP contribution in [0.5, 0.6) is 0 Å². The standard InChI is InChI=1S/C4H8OS2/c1-3(2)5-4(6)7/h3H,1-2H3,(H,6,7). The van der Waals surface area contributed by atoms with Crippen LogP contribution in [0, 0.1) is 0 Å². The summed E-state index contributed by atoms with van der Waals surface area (Å²) >= 11 is 8.26. The fourth-order valence-corrected chi connectivity index (χ4v) is 0.605. The summed E-state index contributed by atoms with van der Waals surface area (Å²) in [5.41, 5.74) is 0. The average molecular weight is 136 g/mol. The van der Waals surface area contributed by atoms with Crippen molar-refractivity contribution in [3.05, 3.63) is 0 Å². The number of thiocarbonyl (C=S) groups is 1. The summed E-state index contributed by atoms with van der Waals surface area (Å²) in [5, 5.41) is 0. The second-order valence-electron chi connectivity index (χ2n) is 1.43. The summed E-state index contributed by atoms with van der Waals surface area (Å²) in [5.74, 6) is 0. The fraction of sp³-hybridized carbons (Fsp3) is 0.750. The highest BCUT2D eigenvalue weighted by atomic mass is 32.1. The molecule has 0 aromatic heterocycles. The van der Waals surface area contributed by atoms with Gasteiger partial charge < -0.3 is 4.74 Å². The molecule has 0 bridgehead atoms. The first-order chi connectivity index (χ1) is 3.13. The lowest BCUT2D eigenvalue weighted by molar-refractivity contribution is 0.243. The lowest BCUT2D eigenvalue weighted by Crippen LogP contribution is -2.02. The molecule has 0 aromatic rings. The highest BCUT2D eigenvalue weighted by molar-refractivity contribution is 8.10. The van der Waals surface area contributed by atoms with E-state index in [1.54, 1.807) is 0 Å². The van der Waals surface area contributed by atoms with Crippen molar-refractivity contribution in [2.75, 3.05) is 0 Å². The molecule has 3 heteroatoms. The van der Waals surface area contributed by atoms with E-state index in [1.807, 2.05) is 13.8 Å². The minimum Gasteiger partial charge on any atom is -0.476 e. The molecule has 0 aliphatic carbocycles. The first-order valence-electron chi connectivity index (χ1n) is 2.02. The Bertz CT molecular complexity index is 70.1. The van der Waals surface area contributed by atoms with Crippen LogP contribution in [0.4, 0.5) is 0 Å². The smallest absolute Gasteiger partial charge is 0.217 e. The van der Waals surface area contributed by atoms with E-state index in [-0.39, 0.29) is 6.10 Å². The topological polar surface area (TPSA) is 9.23 Å². The van der Waals surface area contributed by atoms with Gasteiger partial charge in [0.15, 0.2) is 0 Å². The molecule has 0 atom stereocenters. The molecule has 0 rings (SSSR count). The number of thiol groups is 1. The van der Waals surface area contributed by atoms with E-state index in [1.165, 1.54) is 0 Å². The molecule has 0 radical (unpaired) electrons. The predicted molar refractivity (Wildman–Crippen MR) is 37.8 cm³/mol. The van der Waals surface area contributed by atoms with E-state index in [0.717, 1.165) is 0 Å². The van der Waals surface area contributed by atoms with Crippen molar-refractivity contribution in [2.24, 2.45) is 0 Å². The van der Waals surface area contributed by atoms with Gasteiger partial charge in [0.25, 0.3) is 0 Å². The first-order valence-corrected chi connectivity index (χ1v) is 2.88. The summed E-state index contributed by atoms with van der Waals surface area (Å²) in [6, 6.07) is 0. The summed E-state index contributed by atoms with van der Waals surface area (Å²) in [7, 11) is 0. The van der Waals surface area contributed by atoms with E-state index in [0.29, 0.717) is 4.38 Å². The Morgan fingerprint density at radius 2 is 2.14 bits per heavy atom. The van der Waals surface area contributed by atoms with Crippen LogP contribution >= 0.6 is 24.8 Å². The van der Waals surface area contributed by atoms with Crippen LogP contribution in [-0.4, -0.2) is 10.5 Å². The third kappa shape index (κ3) is 6.24. The molecule has 0 N–H and O–H groups in total. The quantitative estimate of drug-likeness (QED) is 0.433. The SMILES string of the molecule is CC(C)OC(=S)S. The van der Waals surface area contributed by atoms with E-state index in [4.69, 9.17) is 4.74 Å². The van der Waals surface area contributed by atoms with Crippen LogP contribution in [0.3, 0.4) is 0 Å².